The largest absolute Gasteiger partial charge is 0.303 e. The Morgan fingerprint density at radius 1 is 1.04 bits per heavy atom. The Hall–Kier alpha value is -1.85. The van der Waals surface area contributed by atoms with Crippen LogP contribution in [-0.2, 0) is 4.79 Å². The van der Waals surface area contributed by atoms with Gasteiger partial charge in [0.2, 0.25) is 6.04 Å². The highest BCUT2D eigenvalue weighted by atomic mass is 35.5. The molecular formula is C22H22ClNO3S. The second-order valence-electron chi connectivity index (χ2n) is 7.64. The average Bonchev–Trinajstić information content (AvgIpc) is 2.73. The number of benzene rings is 2. The summed E-state index contributed by atoms with van der Waals surface area (Å²) >= 11 is 7.89. The fourth-order valence-electron chi connectivity index (χ4n) is 5.16. The number of carbonyl (C=O) groups is 1. The summed E-state index contributed by atoms with van der Waals surface area (Å²) in [4.78, 5) is 24.4. The van der Waals surface area contributed by atoms with Gasteiger partial charge in [0.05, 0.1) is 11.8 Å². The van der Waals surface area contributed by atoms with Gasteiger partial charge in [-0.3, -0.25) is 10.1 Å². The lowest BCUT2D eigenvalue weighted by Crippen LogP contribution is -2.53. The molecule has 0 spiro atoms. The molecule has 0 aromatic heterocycles. The van der Waals surface area contributed by atoms with Gasteiger partial charge in [-0.2, -0.15) is 11.8 Å². The van der Waals surface area contributed by atoms with E-state index in [-0.39, 0.29) is 27.9 Å². The average molecular weight is 416 g/mol. The van der Waals surface area contributed by atoms with Crippen LogP contribution >= 0.6 is 23.4 Å². The molecule has 2 aliphatic rings. The first-order chi connectivity index (χ1) is 13.6. The monoisotopic (exact) mass is 415 g/mol. The van der Waals surface area contributed by atoms with Crippen molar-refractivity contribution in [2.75, 3.05) is 5.75 Å². The van der Waals surface area contributed by atoms with Gasteiger partial charge in [-0.15, -0.1) is 0 Å². The molecule has 2 aromatic rings. The lowest BCUT2D eigenvalue weighted by molar-refractivity contribution is -0.537. The summed E-state index contributed by atoms with van der Waals surface area (Å²) < 4.78 is 0. The molecule has 28 heavy (non-hydrogen) atoms. The summed E-state index contributed by atoms with van der Waals surface area (Å²) in [6.07, 6.45) is 2.92. The third-order valence-corrected chi connectivity index (χ3v) is 8.07. The summed E-state index contributed by atoms with van der Waals surface area (Å²) in [5, 5.41) is 13.1. The molecule has 4 nitrogen and oxygen atoms in total. The zero-order chi connectivity index (χ0) is 19.7. The molecule has 0 unspecified atom stereocenters. The van der Waals surface area contributed by atoms with E-state index in [1.807, 2.05) is 66.4 Å². The molecule has 2 fully saturated rings. The smallest absolute Gasteiger partial charge is 0.227 e. The Morgan fingerprint density at radius 2 is 1.71 bits per heavy atom. The van der Waals surface area contributed by atoms with Gasteiger partial charge >= 0.3 is 0 Å². The van der Waals surface area contributed by atoms with Crippen LogP contribution in [0.5, 0.6) is 0 Å². The molecule has 4 rings (SSSR count). The number of nitrogens with zero attached hydrogens (tertiary/aromatic N) is 1. The second kappa shape index (κ2) is 8.26. The van der Waals surface area contributed by atoms with Crippen LogP contribution in [0.25, 0.3) is 0 Å². The molecule has 1 heterocycles. The van der Waals surface area contributed by atoms with E-state index >= 15 is 0 Å². The normalized spacial score (nSPS) is 32.3. The number of aldehydes is 1. The summed E-state index contributed by atoms with van der Waals surface area (Å²) in [5.74, 6) is 0.110. The van der Waals surface area contributed by atoms with Crippen LogP contribution in [-0.4, -0.2) is 28.3 Å². The zero-order valence-electron chi connectivity index (χ0n) is 15.3. The van der Waals surface area contributed by atoms with Gasteiger partial charge in [-0.05, 0) is 47.8 Å². The minimum absolute atomic E-state index is 0.105. The topological polar surface area (TPSA) is 60.2 Å². The van der Waals surface area contributed by atoms with E-state index in [9.17, 15) is 14.9 Å². The van der Waals surface area contributed by atoms with E-state index in [0.29, 0.717) is 5.02 Å². The number of rotatable bonds is 4. The number of thioether (sulfide) groups is 1. The van der Waals surface area contributed by atoms with E-state index in [1.165, 1.54) is 0 Å². The maximum atomic E-state index is 12.4. The van der Waals surface area contributed by atoms with Gasteiger partial charge in [0.1, 0.15) is 6.29 Å². The maximum absolute atomic E-state index is 12.4. The summed E-state index contributed by atoms with van der Waals surface area (Å²) in [7, 11) is 0. The molecule has 1 aliphatic carbocycles. The molecule has 0 amide bonds. The van der Waals surface area contributed by atoms with E-state index in [0.717, 1.165) is 36.0 Å². The van der Waals surface area contributed by atoms with E-state index in [2.05, 4.69) is 0 Å². The highest BCUT2D eigenvalue weighted by Crippen LogP contribution is 2.55. The SMILES string of the molecule is O=C[C@H]1[C@@H]2SCCC[C@@H]2[C@@H](c2ccc(Cl)cc2)[C@@H]([N+](=O)[O-])[C@@H]1c1ccccc1. The zero-order valence-corrected chi connectivity index (χ0v) is 16.9. The standard InChI is InChI=1S/C22H22ClNO3S/c23-16-10-8-15(9-11-16)19-17-7-4-12-28-22(17)18(13-25)20(21(19)24(26)27)14-5-2-1-3-6-14/h1-3,5-6,8-11,13,17-22H,4,7,12H2/t17-,18-,19-,20-,21-,22-/m1/s1. The fraction of sp³-hybridized carbons (Fsp3) is 0.409. The van der Waals surface area contributed by atoms with Crippen LogP contribution in [0, 0.1) is 22.0 Å². The first-order valence-electron chi connectivity index (χ1n) is 9.62. The number of carbonyl (C=O) groups excluding carboxylic acids is 1. The number of hydrogen-bond donors (Lipinski definition) is 0. The van der Waals surface area contributed by atoms with Crippen LogP contribution in [0.3, 0.4) is 0 Å². The first kappa shape index (κ1) is 19.5. The van der Waals surface area contributed by atoms with Gasteiger partial charge in [-0.1, -0.05) is 54.1 Å². The molecule has 1 saturated carbocycles. The number of nitro groups is 1. The van der Waals surface area contributed by atoms with Crippen molar-refractivity contribution < 1.29 is 9.72 Å². The highest BCUT2D eigenvalue weighted by Gasteiger charge is 2.57. The van der Waals surface area contributed by atoms with Gasteiger partial charge < -0.3 is 4.79 Å². The molecule has 6 atom stereocenters. The molecule has 6 heteroatoms. The van der Waals surface area contributed by atoms with Crippen LogP contribution in [0.15, 0.2) is 54.6 Å². The predicted molar refractivity (Wildman–Crippen MR) is 113 cm³/mol. The third-order valence-electron chi connectivity index (χ3n) is 6.25. The van der Waals surface area contributed by atoms with Crippen molar-refractivity contribution in [1.82, 2.24) is 0 Å². The van der Waals surface area contributed by atoms with E-state index in [1.54, 1.807) is 0 Å². The van der Waals surface area contributed by atoms with Gasteiger partial charge in [0, 0.05) is 21.1 Å². The van der Waals surface area contributed by atoms with Crippen LogP contribution in [0.1, 0.15) is 35.8 Å². The molecule has 0 radical (unpaired) electrons. The molecule has 0 N–H and O–H groups in total. The van der Waals surface area contributed by atoms with Crippen molar-refractivity contribution in [2.45, 2.75) is 36.0 Å². The van der Waals surface area contributed by atoms with Crippen molar-refractivity contribution in [3.63, 3.8) is 0 Å². The highest BCUT2D eigenvalue weighted by molar-refractivity contribution is 8.00. The quantitative estimate of drug-likeness (QED) is 0.391. The lowest BCUT2D eigenvalue weighted by atomic mass is 9.60. The molecule has 0 bridgehead atoms. The van der Waals surface area contributed by atoms with Crippen LogP contribution < -0.4 is 0 Å². The summed E-state index contributed by atoms with van der Waals surface area (Å²) in [6.45, 7) is 0. The summed E-state index contributed by atoms with van der Waals surface area (Å²) in [5.41, 5.74) is 1.83. The Bertz CT molecular complexity index is 845. The predicted octanol–water partition coefficient (Wildman–Crippen LogP) is 5.19. The van der Waals surface area contributed by atoms with Crippen molar-refractivity contribution in [3.8, 4) is 0 Å². The van der Waals surface area contributed by atoms with Gasteiger partial charge in [0.15, 0.2) is 0 Å². The van der Waals surface area contributed by atoms with Crippen LogP contribution in [0.4, 0.5) is 0 Å². The van der Waals surface area contributed by atoms with Crippen molar-refractivity contribution in [1.29, 1.82) is 0 Å². The fourth-order valence-corrected chi connectivity index (χ4v) is 6.90. The van der Waals surface area contributed by atoms with Crippen LogP contribution in [0.2, 0.25) is 5.02 Å². The minimum atomic E-state index is -0.835. The Labute approximate surface area is 173 Å². The van der Waals surface area contributed by atoms with Gasteiger partial charge in [0.25, 0.3) is 0 Å². The lowest BCUT2D eigenvalue weighted by Gasteiger charge is -2.48. The molecule has 1 aliphatic heterocycles. The van der Waals surface area contributed by atoms with Crippen molar-refractivity contribution in [3.05, 3.63) is 80.9 Å². The van der Waals surface area contributed by atoms with Crippen molar-refractivity contribution in [2.24, 2.45) is 11.8 Å². The number of hydrogen-bond acceptors (Lipinski definition) is 4. The second-order valence-corrected chi connectivity index (χ2v) is 9.37. The Morgan fingerprint density at radius 3 is 2.36 bits per heavy atom. The van der Waals surface area contributed by atoms with E-state index < -0.39 is 12.0 Å². The summed E-state index contributed by atoms with van der Waals surface area (Å²) in [6, 6.07) is 16.2. The molecule has 1 saturated heterocycles. The maximum Gasteiger partial charge on any atom is 0.227 e. The molecule has 2 aromatic carbocycles. The minimum Gasteiger partial charge on any atom is -0.303 e. The number of fused-ring (bicyclic) bond motifs is 1. The van der Waals surface area contributed by atoms with Crippen molar-refractivity contribution >= 4 is 29.6 Å². The Kier molecular flexibility index (Phi) is 5.74. The Balaban J connectivity index is 1.88. The van der Waals surface area contributed by atoms with E-state index in [4.69, 9.17) is 11.6 Å². The molecule has 146 valence electrons. The third kappa shape index (κ3) is 3.46. The molecular weight excluding hydrogens is 394 g/mol. The first-order valence-corrected chi connectivity index (χ1v) is 11.1. The number of halogens is 1. The van der Waals surface area contributed by atoms with Gasteiger partial charge in [-0.25, -0.2) is 0 Å².